The zero-order valence-corrected chi connectivity index (χ0v) is 16.8. The smallest absolute Gasteiger partial charge is 0.255 e. The molecule has 1 unspecified atom stereocenters. The molecule has 1 N–H and O–H groups in total. The van der Waals surface area contributed by atoms with E-state index in [0.29, 0.717) is 36.8 Å². The summed E-state index contributed by atoms with van der Waals surface area (Å²) in [5.41, 5.74) is 2.23. The molecule has 10 nitrogen and oxygen atoms in total. The van der Waals surface area contributed by atoms with Crippen molar-refractivity contribution in [3.05, 3.63) is 46.7 Å². The highest BCUT2D eigenvalue weighted by Crippen LogP contribution is 2.29. The maximum absolute atomic E-state index is 13.1. The summed E-state index contributed by atoms with van der Waals surface area (Å²) in [7, 11) is 0. The third-order valence-electron chi connectivity index (χ3n) is 5.18. The highest BCUT2D eigenvalue weighted by molar-refractivity contribution is 7.15. The molecule has 3 aromatic rings. The fourth-order valence-corrected chi connectivity index (χ4v) is 4.66. The first-order chi connectivity index (χ1) is 14.7. The number of fused-ring (bicyclic) bond motifs is 1. The number of nitrogens with zero attached hydrogens (tertiary/aromatic N) is 6. The summed E-state index contributed by atoms with van der Waals surface area (Å²) < 4.78 is 6.93. The normalized spacial score (nSPS) is 18.3. The average Bonchev–Trinajstić information content (AvgIpc) is 3.54. The summed E-state index contributed by atoms with van der Waals surface area (Å²) in [5, 5.41) is 14.5. The molecule has 154 valence electrons. The highest BCUT2D eigenvalue weighted by Gasteiger charge is 2.28. The van der Waals surface area contributed by atoms with Crippen molar-refractivity contribution in [1.82, 2.24) is 30.1 Å². The molecular weight excluding hydrogens is 406 g/mol. The molecule has 2 amide bonds. The van der Waals surface area contributed by atoms with Crippen molar-refractivity contribution in [1.29, 1.82) is 0 Å². The second-order valence-corrected chi connectivity index (χ2v) is 8.24. The van der Waals surface area contributed by atoms with Crippen LogP contribution in [0.25, 0.3) is 5.69 Å². The van der Waals surface area contributed by atoms with Crippen molar-refractivity contribution in [3.8, 4) is 5.69 Å². The zero-order valence-electron chi connectivity index (χ0n) is 16.0. The Hall–Kier alpha value is -3.18. The van der Waals surface area contributed by atoms with Gasteiger partial charge in [0, 0.05) is 30.0 Å². The Balaban J connectivity index is 1.29. The number of hydrogen-bond donors (Lipinski definition) is 1. The molecule has 0 spiro atoms. The Morgan fingerprint density at radius 3 is 3.03 bits per heavy atom. The number of nitrogens with one attached hydrogen (secondary N) is 1. The number of thiazole rings is 1. The van der Waals surface area contributed by atoms with E-state index in [0.717, 1.165) is 29.1 Å². The molecule has 2 aliphatic heterocycles. The van der Waals surface area contributed by atoms with Crippen molar-refractivity contribution in [2.45, 2.75) is 31.9 Å². The van der Waals surface area contributed by atoms with E-state index in [2.05, 4.69) is 25.8 Å². The molecule has 2 aromatic heterocycles. The lowest BCUT2D eigenvalue weighted by Crippen LogP contribution is -2.35. The summed E-state index contributed by atoms with van der Waals surface area (Å²) >= 11 is 1.42. The Kier molecular flexibility index (Phi) is 4.97. The van der Waals surface area contributed by atoms with Crippen molar-refractivity contribution >= 4 is 28.3 Å². The van der Waals surface area contributed by atoms with Crippen LogP contribution in [0.2, 0.25) is 0 Å². The Morgan fingerprint density at radius 1 is 1.30 bits per heavy atom. The number of ether oxygens (including phenoxy) is 1. The summed E-state index contributed by atoms with van der Waals surface area (Å²) in [6, 6.07) is 7.21. The molecule has 2 aliphatic rings. The Morgan fingerprint density at radius 2 is 2.23 bits per heavy atom. The van der Waals surface area contributed by atoms with Crippen LogP contribution in [-0.2, 0) is 22.5 Å². The molecule has 0 aliphatic carbocycles. The second kappa shape index (κ2) is 7.92. The van der Waals surface area contributed by atoms with Gasteiger partial charge in [-0.3, -0.25) is 14.9 Å². The van der Waals surface area contributed by atoms with Gasteiger partial charge in [0.1, 0.15) is 12.4 Å². The third kappa shape index (κ3) is 3.68. The van der Waals surface area contributed by atoms with Crippen LogP contribution in [-0.4, -0.2) is 61.2 Å². The monoisotopic (exact) mass is 425 g/mol. The topological polar surface area (TPSA) is 115 Å². The van der Waals surface area contributed by atoms with Crippen LogP contribution in [0.1, 0.15) is 33.8 Å². The number of aromatic nitrogens is 5. The minimum atomic E-state index is -0.392. The lowest BCUT2D eigenvalue weighted by Gasteiger charge is -2.26. The summed E-state index contributed by atoms with van der Waals surface area (Å²) in [6.07, 6.45) is 3.39. The van der Waals surface area contributed by atoms with E-state index < -0.39 is 6.10 Å². The van der Waals surface area contributed by atoms with Gasteiger partial charge in [-0.1, -0.05) is 17.4 Å². The maximum Gasteiger partial charge on any atom is 0.255 e. The fraction of sp³-hybridized carbons (Fsp3) is 0.368. The SMILES string of the molecule is O=C(Nc1nc2c(s1)CN(C(=O)c1cccc(-n3cnnn3)c1)CC2)C1CCCO1. The molecular formula is C19H19N7O3S. The number of amides is 2. The van der Waals surface area contributed by atoms with Crippen molar-refractivity contribution in [2.75, 3.05) is 18.5 Å². The van der Waals surface area contributed by atoms with Gasteiger partial charge in [-0.05, 0) is 41.5 Å². The molecule has 1 fully saturated rings. The van der Waals surface area contributed by atoms with Crippen molar-refractivity contribution in [2.24, 2.45) is 0 Å². The van der Waals surface area contributed by atoms with Crippen LogP contribution in [0.15, 0.2) is 30.6 Å². The van der Waals surface area contributed by atoms with Crippen molar-refractivity contribution < 1.29 is 14.3 Å². The van der Waals surface area contributed by atoms with Gasteiger partial charge >= 0.3 is 0 Å². The minimum absolute atomic E-state index is 0.0612. The molecule has 0 bridgehead atoms. The van der Waals surface area contributed by atoms with Crippen molar-refractivity contribution in [3.63, 3.8) is 0 Å². The van der Waals surface area contributed by atoms with Gasteiger partial charge in [0.15, 0.2) is 5.13 Å². The fourth-order valence-electron chi connectivity index (χ4n) is 3.64. The van der Waals surface area contributed by atoms with Crippen LogP contribution >= 0.6 is 11.3 Å². The number of anilines is 1. The summed E-state index contributed by atoms with van der Waals surface area (Å²) in [5.74, 6) is -0.208. The summed E-state index contributed by atoms with van der Waals surface area (Å²) in [4.78, 5) is 32.7. The Bertz CT molecular complexity index is 1080. The minimum Gasteiger partial charge on any atom is -0.368 e. The van der Waals surface area contributed by atoms with E-state index in [4.69, 9.17) is 4.74 Å². The number of rotatable bonds is 4. The lowest BCUT2D eigenvalue weighted by molar-refractivity contribution is -0.124. The molecule has 0 saturated carbocycles. The molecule has 1 saturated heterocycles. The molecule has 0 radical (unpaired) electrons. The average molecular weight is 425 g/mol. The number of benzene rings is 1. The van der Waals surface area contributed by atoms with Gasteiger partial charge in [0.25, 0.3) is 11.8 Å². The van der Waals surface area contributed by atoms with Crippen LogP contribution in [0.5, 0.6) is 0 Å². The van der Waals surface area contributed by atoms with Gasteiger partial charge in [0.05, 0.1) is 17.9 Å². The quantitative estimate of drug-likeness (QED) is 0.672. The predicted molar refractivity (Wildman–Crippen MR) is 107 cm³/mol. The maximum atomic E-state index is 13.1. The van der Waals surface area contributed by atoms with Gasteiger partial charge in [-0.15, -0.1) is 5.10 Å². The van der Waals surface area contributed by atoms with Gasteiger partial charge < -0.3 is 9.64 Å². The van der Waals surface area contributed by atoms with Crippen LogP contribution in [0.4, 0.5) is 5.13 Å². The number of tetrazole rings is 1. The van der Waals surface area contributed by atoms with E-state index in [1.807, 2.05) is 12.1 Å². The van der Waals surface area contributed by atoms with Crippen LogP contribution in [0, 0.1) is 0 Å². The highest BCUT2D eigenvalue weighted by atomic mass is 32.1. The van der Waals surface area contributed by atoms with Gasteiger partial charge in [-0.2, -0.15) is 0 Å². The first kappa shape index (κ1) is 18.8. The standard InChI is InChI=1S/C19H19N7O3S/c27-17(15-5-2-8-29-15)22-19-21-14-6-7-25(10-16(14)30-19)18(28)12-3-1-4-13(9-12)26-11-20-23-24-26/h1,3-4,9,11,15H,2,5-8,10H2,(H,21,22,27). The molecule has 5 rings (SSSR count). The summed E-state index contributed by atoms with van der Waals surface area (Å²) in [6.45, 7) is 1.67. The first-order valence-electron chi connectivity index (χ1n) is 9.71. The molecule has 1 aromatic carbocycles. The first-order valence-corrected chi connectivity index (χ1v) is 10.5. The molecule has 11 heteroatoms. The van der Waals surface area contributed by atoms with E-state index in [9.17, 15) is 9.59 Å². The largest absolute Gasteiger partial charge is 0.368 e. The molecule has 1 atom stereocenters. The van der Waals surface area contributed by atoms with Gasteiger partial charge in [-0.25, -0.2) is 9.67 Å². The van der Waals surface area contributed by atoms with E-state index >= 15 is 0 Å². The predicted octanol–water partition coefficient (Wildman–Crippen LogP) is 1.43. The molecule has 4 heterocycles. The Labute approximate surface area is 175 Å². The second-order valence-electron chi connectivity index (χ2n) is 7.16. The zero-order chi connectivity index (χ0) is 20.5. The number of carbonyl (C=O) groups excluding carboxylic acids is 2. The van der Waals surface area contributed by atoms with Crippen LogP contribution < -0.4 is 5.32 Å². The van der Waals surface area contributed by atoms with Crippen LogP contribution in [0.3, 0.4) is 0 Å². The van der Waals surface area contributed by atoms with E-state index in [1.165, 1.54) is 22.3 Å². The number of hydrogen-bond acceptors (Lipinski definition) is 8. The third-order valence-corrected chi connectivity index (χ3v) is 6.18. The lowest BCUT2D eigenvalue weighted by atomic mass is 10.1. The van der Waals surface area contributed by atoms with E-state index in [-0.39, 0.29) is 11.8 Å². The molecule has 30 heavy (non-hydrogen) atoms. The van der Waals surface area contributed by atoms with Gasteiger partial charge in [0.2, 0.25) is 0 Å². The van der Waals surface area contributed by atoms with E-state index in [1.54, 1.807) is 17.0 Å². The number of carbonyl (C=O) groups is 2.